The van der Waals surface area contributed by atoms with E-state index in [1.165, 1.54) is 22.3 Å². The lowest BCUT2D eigenvalue weighted by atomic mass is 9.49. The highest BCUT2D eigenvalue weighted by Gasteiger charge is 2.65. The smallest absolute Gasteiger partial charge is 0.456 e. The van der Waals surface area contributed by atoms with E-state index in [2.05, 4.69) is 103 Å². The molecule has 1 unspecified atom stereocenters. The first kappa shape index (κ1) is 36.5. The first-order valence-electron chi connectivity index (χ1n) is 19.7. The van der Waals surface area contributed by atoms with Gasteiger partial charge in [-0.25, -0.2) is 0 Å². The summed E-state index contributed by atoms with van der Waals surface area (Å²) in [6.45, 7) is 14.2. The Balaban J connectivity index is 1.08. The molecule has 6 aromatic carbocycles. The third-order valence-corrected chi connectivity index (χ3v) is 13.7. The van der Waals surface area contributed by atoms with Gasteiger partial charge in [0.15, 0.2) is 0 Å². The van der Waals surface area contributed by atoms with Crippen molar-refractivity contribution in [2.24, 2.45) is 0 Å². The van der Waals surface area contributed by atoms with Gasteiger partial charge >= 0.3 is 14.0 Å². The van der Waals surface area contributed by atoms with Gasteiger partial charge in [-0.3, -0.25) is 0 Å². The molecule has 4 aliphatic rings. The van der Waals surface area contributed by atoms with Gasteiger partial charge in [-0.2, -0.15) is 5.26 Å². The number of hydrogen-bond donors (Lipinski definition) is 0. The molecule has 2 fully saturated rings. The number of fused-ring (bicyclic) bond motifs is 10. The van der Waals surface area contributed by atoms with Crippen LogP contribution in [0.3, 0.4) is 0 Å². The van der Waals surface area contributed by atoms with Gasteiger partial charge in [-0.1, -0.05) is 90.5 Å². The summed E-state index contributed by atoms with van der Waals surface area (Å²) in [5.74, 6) is 1.59. The van der Waals surface area contributed by atoms with Crippen molar-refractivity contribution in [3.05, 3.63) is 154 Å². The van der Waals surface area contributed by atoms with E-state index in [0.29, 0.717) is 17.0 Å². The number of benzene rings is 6. The first-order valence-corrected chi connectivity index (χ1v) is 20.0. The molecular weight excluding hydrogens is 728 g/mol. The van der Waals surface area contributed by atoms with Crippen LogP contribution in [0.4, 0.5) is 0 Å². The van der Waals surface area contributed by atoms with Crippen molar-refractivity contribution in [3.8, 4) is 39.8 Å². The molecule has 6 nitrogen and oxygen atoms in total. The molecule has 0 saturated carbocycles. The summed E-state index contributed by atoms with van der Waals surface area (Å²) in [5, 5.41) is 13.0. The Morgan fingerprint density at radius 1 is 0.579 bits per heavy atom. The monoisotopic (exact) mass is 769 g/mol. The van der Waals surface area contributed by atoms with Crippen LogP contribution in [0.5, 0.6) is 11.5 Å². The Kier molecular flexibility index (Phi) is 7.88. The van der Waals surface area contributed by atoms with Crippen LogP contribution in [0.15, 0.2) is 115 Å². The van der Waals surface area contributed by atoms with Crippen molar-refractivity contribution in [3.63, 3.8) is 0 Å². The lowest BCUT2D eigenvalue weighted by Crippen LogP contribution is -2.46. The van der Waals surface area contributed by atoms with Gasteiger partial charge in [0.1, 0.15) is 11.5 Å². The molecule has 282 valence electrons. The fraction of sp³-hybridized carbons (Fsp3) is 0.271. The molecule has 57 heavy (non-hydrogen) atoms. The van der Waals surface area contributed by atoms with Crippen molar-refractivity contribution in [1.82, 2.24) is 0 Å². The Morgan fingerprint density at radius 2 is 1.18 bits per heavy atom. The highest BCUT2D eigenvalue weighted by atomic mass is 35.5. The average Bonchev–Trinajstić information content (AvgIpc) is 3.70. The number of rotatable bonds is 4. The highest BCUT2D eigenvalue weighted by molar-refractivity contribution is 7.11. The molecule has 1 aliphatic carbocycles. The number of nitriles is 1. The number of para-hydroxylation sites is 1. The quantitative estimate of drug-likeness (QED) is 0.166. The molecule has 0 N–H and O–H groups in total. The van der Waals surface area contributed by atoms with E-state index in [9.17, 15) is 5.26 Å². The lowest BCUT2D eigenvalue weighted by Gasteiger charge is -2.40. The molecule has 0 radical (unpaired) electrons. The average molecular weight is 770 g/mol. The third-order valence-electron chi connectivity index (χ3n) is 13.5. The Morgan fingerprint density at radius 3 is 1.84 bits per heavy atom. The lowest BCUT2D eigenvalue weighted by molar-refractivity contribution is -0.00879. The zero-order valence-electron chi connectivity index (χ0n) is 33.2. The predicted molar refractivity (Wildman–Crippen MR) is 227 cm³/mol. The minimum absolute atomic E-state index is 0.437. The molecular formula is C48H42B2ClNO5. The van der Waals surface area contributed by atoms with Gasteiger partial charge in [-0.15, -0.1) is 0 Å². The van der Waals surface area contributed by atoms with Gasteiger partial charge in [-0.05, 0) is 129 Å². The maximum Gasteiger partial charge on any atom is 0.489 e. The zero-order valence-corrected chi connectivity index (χ0v) is 34.0. The van der Waals surface area contributed by atoms with E-state index in [0.717, 1.165) is 50.1 Å². The molecule has 2 saturated heterocycles. The van der Waals surface area contributed by atoms with Crippen molar-refractivity contribution in [1.29, 1.82) is 5.26 Å². The third kappa shape index (κ3) is 5.20. The van der Waals surface area contributed by atoms with Gasteiger partial charge < -0.3 is 23.4 Å². The summed E-state index contributed by atoms with van der Waals surface area (Å²) in [5.41, 5.74) is 7.04. The van der Waals surface area contributed by atoms with Crippen molar-refractivity contribution in [2.75, 3.05) is 0 Å². The molecule has 1 atom stereocenters. The molecule has 0 amide bonds. The second kappa shape index (κ2) is 12.3. The zero-order chi connectivity index (χ0) is 39.7. The summed E-state index contributed by atoms with van der Waals surface area (Å²) in [4.78, 5) is 0. The van der Waals surface area contributed by atoms with Crippen molar-refractivity contribution in [2.45, 2.75) is 82.7 Å². The van der Waals surface area contributed by atoms with Crippen LogP contribution in [-0.2, 0) is 30.5 Å². The number of halogens is 1. The van der Waals surface area contributed by atoms with Crippen molar-refractivity contribution < 1.29 is 23.4 Å². The van der Waals surface area contributed by atoms with E-state index >= 15 is 0 Å². The van der Waals surface area contributed by atoms with E-state index in [1.807, 2.05) is 66.7 Å². The number of ether oxygens (including phenoxy) is 1. The van der Waals surface area contributed by atoms with Crippen LogP contribution >= 0.6 is 11.6 Å². The summed E-state index contributed by atoms with van der Waals surface area (Å²) >= 11 is 7.15. The molecule has 1 spiro atoms. The standard InChI is InChI=1S/C48H42B2ClNO5/c1-44(2)45(3,4)55-49(54-44)50-56-46(5,6)47(7,57-50)27-32-24-31-23-30(21-20-29(31)22-33(32)28-52)37-25-34(51)26-41-43(37)53-42-19-13-12-18-40(42)48(41)38-16-10-8-14-35(38)36-15-9-11-17-39(36)48/h8-26H,27H2,1-7H3. The van der Waals surface area contributed by atoms with Crippen LogP contribution in [0, 0.1) is 11.3 Å². The Hall–Kier alpha value is -4.87. The second-order valence-corrected chi connectivity index (χ2v) is 18.0. The summed E-state index contributed by atoms with van der Waals surface area (Å²) in [6.07, 6.45) is 0.437. The number of hydrogen-bond acceptors (Lipinski definition) is 6. The first-order chi connectivity index (χ1) is 27.2. The van der Waals surface area contributed by atoms with Gasteiger partial charge in [0.05, 0.1) is 39.5 Å². The SMILES string of the molecule is CC1(C)OB(B2OC(C)(C)C(C)(Cc3cc4cc(-c5cc(Cl)cc6c5Oc5ccccc5C65c6ccccc6-c6ccccc65)ccc4cc3C#N)O2)OC1(C)C. The molecule has 9 heteroatoms. The van der Waals surface area contributed by atoms with E-state index in [-0.39, 0.29) is 0 Å². The maximum atomic E-state index is 10.4. The van der Waals surface area contributed by atoms with Gasteiger partial charge in [0, 0.05) is 28.1 Å². The van der Waals surface area contributed by atoms with Gasteiger partial charge in [0.2, 0.25) is 0 Å². The highest BCUT2D eigenvalue weighted by Crippen LogP contribution is 2.63. The summed E-state index contributed by atoms with van der Waals surface area (Å²) in [6, 6.07) is 42.7. The van der Waals surface area contributed by atoms with E-state index in [1.54, 1.807) is 0 Å². The largest absolute Gasteiger partial charge is 0.489 e. The van der Waals surface area contributed by atoms with Crippen LogP contribution in [-0.4, -0.2) is 36.4 Å². The second-order valence-electron chi connectivity index (χ2n) is 17.6. The van der Waals surface area contributed by atoms with Crippen LogP contribution in [0.25, 0.3) is 33.0 Å². The van der Waals surface area contributed by atoms with E-state index in [4.69, 9.17) is 35.0 Å². The molecule has 6 aromatic rings. The van der Waals surface area contributed by atoms with Crippen LogP contribution in [0.2, 0.25) is 5.02 Å². The van der Waals surface area contributed by atoms with Crippen LogP contribution in [0.1, 0.15) is 81.8 Å². The maximum absolute atomic E-state index is 10.4. The summed E-state index contributed by atoms with van der Waals surface area (Å²) < 4.78 is 32.9. The fourth-order valence-electron chi connectivity index (χ4n) is 9.46. The molecule has 3 heterocycles. The molecule has 0 bridgehead atoms. The molecule has 10 rings (SSSR count). The minimum atomic E-state index is -0.798. The Bertz CT molecular complexity index is 2660. The normalized spacial score (nSPS) is 21.5. The topological polar surface area (TPSA) is 69.9 Å². The summed E-state index contributed by atoms with van der Waals surface area (Å²) in [7, 11) is -1.42. The predicted octanol–water partition coefficient (Wildman–Crippen LogP) is 11.3. The van der Waals surface area contributed by atoms with Crippen LogP contribution < -0.4 is 4.74 Å². The Labute approximate surface area is 339 Å². The minimum Gasteiger partial charge on any atom is -0.456 e. The fourth-order valence-corrected chi connectivity index (χ4v) is 9.68. The van der Waals surface area contributed by atoms with Gasteiger partial charge in [0.25, 0.3) is 0 Å². The van der Waals surface area contributed by atoms with Crippen molar-refractivity contribution >= 4 is 36.4 Å². The van der Waals surface area contributed by atoms with E-state index < -0.39 is 41.8 Å². The molecule has 3 aliphatic heterocycles. The number of nitrogens with zero attached hydrogens (tertiary/aromatic N) is 1. The molecule has 0 aromatic heterocycles.